The van der Waals surface area contributed by atoms with Crippen LogP contribution in [0, 0.1) is 0 Å². The Morgan fingerprint density at radius 3 is 1.48 bits per heavy atom. The van der Waals surface area contributed by atoms with Crippen LogP contribution in [-0.4, -0.2) is 99.3 Å². The average Bonchev–Trinajstić information content (AvgIpc) is 3.93. The summed E-state index contributed by atoms with van der Waals surface area (Å²) in [6.07, 6.45) is 15.9. The Morgan fingerprint density at radius 2 is 0.988 bits per heavy atom. The largest absolute Gasteiger partial charge is 0.397 e. The second-order valence-electron chi connectivity index (χ2n) is 24.9. The van der Waals surface area contributed by atoms with Crippen LogP contribution in [0.3, 0.4) is 0 Å². The van der Waals surface area contributed by atoms with E-state index in [1.54, 1.807) is 44.1 Å². The van der Waals surface area contributed by atoms with E-state index in [0.717, 1.165) is 16.7 Å². The number of pyridine rings is 1. The number of amidine groups is 2. The van der Waals surface area contributed by atoms with Gasteiger partial charge in [-0.15, -0.1) is 0 Å². The summed E-state index contributed by atoms with van der Waals surface area (Å²) in [5, 5.41) is 5.35. The average molecular weight is 1100 g/mol. The van der Waals surface area contributed by atoms with Crippen LogP contribution in [-0.2, 0) is 20.7 Å². The van der Waals surface area contributed by atoms with Crippen molar-refractivity contribution in [1.82, 2.24) is 64.3 Å². The number of nitrogens with two attached hydrogens (primary N) is 4. The molecule has 8 rings (SSSR count). The number of carbonyl (C=O) groups excluding carboxylic acids is 2. The highest BCUT2D eigenvalue weighted by molar-refractivity contribution is 5.97. The van der Waals surface area contributed by atoms with Gasteiger partial charge >= 0.3 is 0 Å². The molecule has 0 aromatic carbocycles. The molecule has 0 saturated heterocycles. The van der Waals surface area contributed by atoms with Crippen LogP contribution in [0.15, 0.2) is 137 Å². The van der Waals surface area contributed by atoms with Crippen LogP contribution in [0.4, 0.5) is 11.6 Å². The number of hydrogen-bond donors (Lipinski definition) is 7. The van der Waals surface area contributed by atoms with Gasteiger partial charge in [0.25, 0.3) is 17.4 Å². The van der Waals surface area contributed by atoms with Crippen molar-refractivity contribution in [2.75, 3.05) is 11.5 Å². The minimum Gasteiger partial charge on any atom is -0.397 e. The van der Waals surface area contributed by atoms with Crippen molar-refractivity contribution in [3.05, 3.63) is 133 Å². The van der Waals surface area contributed by atoms with E-state index in [1.165, 1.54) is 6.08 Å². The van der Waals surface area contributed by atoms with E-state index in [0.29, 0.717) is 57.4 Å². The predicted octanol–water partition coefficient (Wildman–Crippen LogP) is 8.93. The molecule has 0 atom stereocenters. The number of hydrogen-bond acceptors (Lipinski definition) is 17. The number of amides is 2. The molecule has 2 amide bonds. The van der Waals surface area contributed by atoms with Crippen LogP contribution < -0.4 is 39.1 Å². The lowest BCUT2D eigenvalue weighted by molar-refractivity contribution is -0.118. The van der Waals surface area contributed by atoms with Crippen LogP contribution in [0.1, 0.15) is 146 Å². The third-order valence-corrected chi connectivity index (χ3v) is 11.6. The standard InChI is InChI=1S/C10H14N4.C10H17N3.C10H16N2O.C9H13N5O.C9H15N3.C9H14N2O.CH4/c1-10(2,3)14-6-13-8-7(11)4-5-12-9(8)14;1-7-6-13(10(3,4)5)8(2)12-9(7)11;1-7-6-12(10(3,4)5)8(2)11-9(7)13;1-9(2,3)14-4-11-5-6(14)12-8(10)13-7(5)15;1-7-11-8(10)5-6-12(7)9(2,3)4;1-7-10-8(12)5-6-11(7)9(2,3)4;/h4-6H,1-3H3,(H2,11,12);6H,2H2,1,3-5H3,(H2,11,12);6H,2H2,1,3-5H3,(H,11,13);4H,1-3H3,(H3,10,12,13,15);5-6H,1H2,2-4H3,(H2,10,11);5-6H,1H2,2-4H3,(H,10,12);1H4. The van der Waals surface area contributed by atoms with Crippen molar-refractivity contribution in [3.63, 3.8) is 0 Å². The molecule has 22 nitrogen and oxygen atoms in total. The molecule has 0 aliphatic carbocycles. The van der Waals surface area contributed by atoms with E-state index in [9.17, 15) is 14.4 Å². The smallest absolute Gasteiger partial charge is 0.280 e. The Bertz CT molecular complexity index is 3180. The van der Waals surface area contributed by atoms with E-state index in [1.807, 2.05) is 75.0 Å². The van der Waals surface area contributed by atoms with Gasteiger partial charge in [0, 0.05) is 81.5 Å². The number of aliphatic imine (C=N–C) groups is 2. The fourth-order valence-electron chi connectivity index (χ4n) is 7.45. The molecule has 4 aromatic heterocycles. The van der Waals surface area contributed by atoms with Gasteiger partial charge in [0.2, 0.25) is 5.95 Å². The molecule has 4 aromatic rings. The van der Waals surface area contributed by atoms with Gasteiger partial charge in [-0.1, -0.05) is 33.7 Å². The van der Waals surface area contributed by atoms with Crippen molar-refractivity contribution in [3.8, 4) is 0 Å². The number of H-pyrrole nitrogens is 1. The summed E-state index contributed by atoms with van der Waals surface area (Å²) in [7, 11) is 0. The molecule has 0 bridgehead atoms. The van der Waals surface area contributed by atoms with Gasteiger partial charge in [-0.2, -0.15) is 4.98 Å². The Hall–Kier alpha value is -8.43. The van der Waals surface area contributed by atoms with E-state index in [4.69, 9.17) is 22.9 Å². The van der Waals surface area contributed by atoms with Gasteiger partial charge in [0.05, 0.1) is 18.3 Å². The van der Waals surface area contributed by atoms with E-state index in [-0.39, 0.29) is 64.0 Å². The maximum absolute atomic E-state index is 11.5. The number of fused-ring (bicyclic) bond motifs is 2. The number of carbonyl (C=O) groups is 2. The summed E-state index contributed by atoms with van der Waals surface area (Å²) < 4.78 is 3.85. The summed E-state index contributed by atoms with van der Waals surface area (Å²) in [5.74, 6) is 3.69. The van der Waals surface area contributed by atoms with Gasteiger partial charge in [-0.05, 0) is 151 Å². The minimum atomic E-state index is -0.305. The molecule has 11 N–H and O–H groups in total. The first-order valence-corrected chi connectivity index (χ1v) is 25.6. The molecule has 4 aliphatic rings. The van der Waals surface area contributed by atoms with Crippen LogP contribution in [0.2, 0.25) is 0 Å². The number of rotatable bonds is 0. The number of nitrogens with one attached hydrogen (secondary N) is 3. The van der Waals surface area contributed by atoms with Crippen LogP contribution in [0.25, 0.3) is 22.3 Å². The Kier molecular flexibility index (Phi) is 21.6. The van der Waals surface area contributed by atoms with Crippen LogP contribution in [0.5, 0.6) is 0 Å². The zero-order valence-electron chi connectivity index (χ0n) is 50.5. The first-order chi connectivity index (χ1) is 35.9. The highest BCUT2D eigenvalue weighted by Gasteiger charge is 2.28. The summed E-state index contributed by atoms with van der Waals surface area (Å²) in [6, 6.07) is 1.77. The second kappa shape index (κ2) is 25.6. The summed E-state index contributed by atoms with van der Waals surface area (Å²) in [6.45, 7) is 56.3. The van der Waals surface area contributed by atoms with Gasteiger partial charge in [-0.3, -0.25) is 19.4 Å². The first kappa shape index (κ1) is 67.7. The third kappa shape index (κ3) is 18.3. The van der Waals surface area contributed by atoms with E-state index in [2.05, 4.69) is 176 Å². The molecule has 0 saturated carbocycles. The highest BCUT2D eigenvalue weighted by atomic mass is 16.2. The maximum Gasteiger partial charge on any atom is 0.280 e. The first-order valence-electron chi connectivity index (χ1n) is 25.6. The molecule has 4 aliphatic heterocycles. The van der Waals surface area contributed by atoms with Gasteiger partial charge in [0.1, 0.15) is 40.5 Å². The molecule has 0 spiro atoms. The molecule has 0 unspecified atom stereocenters. The molecular formula is C58H93N19O3. The maximum atomic E-state index is 11.5. The highest BCUT2D eigenvalue weighted by Crippen LogP contribution is 2.27. The van der Waals surface area contributed by atoms with Crippen LogP contribution >= 0.6 is 0 Å². The van der Waals surface area contributed by atoms with Crippen molar-refractivity contribution >= 4 is 57.4 Å². The number of aromatic nitrogens is 7. The van der Waals surface area contributed by atoms with Crippen molar-refractivity contribution in [1.29, 1.82) is 0 Å². The Balaban J connectivity index is 0.000000328. The minimum absolute atomic E-state index is 0. The zero-order valence-corrected chi connectivity index (χ0v) is 50.5. The number of nitrogens with zero attached hydrogens (tertiary/aromatic N) is 12. The molecule has 8 heterocycles. The SMILES string of the molecule is C.C=C1N=C(N)C(C)=CN1C(C)(C)C.C=C1N=C(N)C=CN1C(C)(C)C.C=C1NC(=O)C(C)=CN1C(C)(C)C.C=C1NC(=O)C=CN1C(C)(C)C.CC(C)(C)n1cnc2c(=O)[nH]c(N)nc21.CC(C)(C)n1cnc2c(N)ccnc21. The monoisotopic (exact) mass is 1100 g/mol. The molecule has 0 radical (unpaired) electrons. The lowest BCUT2D eigenvalue weighted by atomic mass is 10.1. The summed E-state index contributed by atoms with van der Waals surface area (Å²) in [4.78, 5) is 68.8. The second-order valence-corrected chi connectivity index (χ2v) is 24.9. The summed E-state index contributed by atoms with van der Waals surface area (Å²) in [5.41, 5.74) is 26.7. The fourth-order valence-corrected chi connectivity index (χ4v) is 7.45. The van der Waals surface area contributed by atoms with Crippen molar-refractivity contribution in [2.45, 2.75) is 179 Å². The third-order valence-electron chi connectivity index (χ3n) is 11.6. The topological polar surface area (TPSA) is 294 Å². The predicted molar refractivity (Wildman–Crippen MR) is 329 cm³/mol. The molecule has 438 valence electrons. The molecular weight excluding hydrogens is 1010 g/mol. The van der Waals surface area contributed by atoms with Crippen molar-refractivity contribution < 1.29 is 9.59 Å². The number of aromatic amines is 1. The fraction of sp³-hybridized carbons (Fsp3) is 0.466. The Morgan fingerprint density at radius 1 is 0.525 bits per heavy atom. The van der Waals surface area contributed by atoms with E-state index >= 15 is 0 Å². The van der Waals surface area contributed by atoms with Gasteiger partial charge < -0.3 is 62.3 Å². The lowest BCUT2D eigenvalue weighted by Gasteiger charge is -2.38. The quantitative estimate of drug-likeness (QED) is 0.0865. The number of anilines is 2. The zero-order chi connectivity index (χ0) is 60.7. The van der Waals surface area contributed by atoms with Gasteiger partial charge in [-0.25, -0.2) is 24.9 Å². The van der Waals surface area contributed by atoms with Gasteiger partial charge in [0.15, 0.2) is 16.8 Å². The molecule has 22 heteroatoms. The Labute approximate surface area is 474 Å². The van der Waals surface area contributed by atoms with E-state index < -0.39 is 0 Å². The number of imidazole rings is 2. The number of nitrogen functional groups attached to an aromatic ring is 2. The molecule has 0 fully saturated rings. The normalized spacial score (nSPS) is 15.8. The van der Waals surface area contributed by atoms with Crippen molar-refractivity contribution in [2.24, 2.45) is 21.5 Å². The lowest BCUT2D eigenvalue weighted by Crippen LogP contribution is -2.46. The summed E-state index contributed by atoms with van der Waals surface area (Å²) >= 11 is 0. The molecule has 80 heavy (non-hydrogen) atoms.